The number of anilines is 1. The van der Waals surface area contributed by atoms with E-state index in [1.165, 1.54) is 31.2 Å². The normalized spacial score (nSPS) is 11.5. The molecule has 4 aromatic rings. The van der Waals surface area contributed by atoms with Crippen LogP contribution < -0.4 is 20.3 Å². The Morgan fingerprint density at radius 3 is 2.49 bits per heavy atom. The van der Waals surface area contributed by atoms with Crippen molar-refractivity contribution in [1.29, 1.82) is 0 Å². The quantitative estimate of drug-likeness (QED) is 0.351. The van der Waals surface area contributed by atoms with Crippen LogP contribution in [0.15, 0.2) is 62.7 Å². The molecule has 37 heavy (non-hydrogen) atoms. The average molecular weight is 526 g/mol. The van der Waals surface area contributed by atoms with Gasteiger partial charge in [-0.15, -0.1) is 4.57 Å². The lowest BCUT2D eigenvalue weighted by Crippen LogP contribution is -2.21. The standard InChI is InChI=1S/C26H27N3O7S/c1-5-37(32,33)20-9-10-22(34-14-19-12-25(31)29-23(27-19)11-18(4)36-29)21(13-20)28-24(30)15-35-26-16(2)7-6-8-17(26)3/h6-13H,5,14-15H2,1-4H3,(H,28,30). The highest BCUT2D eigenvalue weighted by Crippen LogP contribution is 2.29. The predicted octanol–water partition coefficient (Wildman–Crippen LogP) is 3.60. The van der Waals surface area contributed by atoms with Gasteiger partial charge >= 0.3 is 0 Å². The lowest BCUT2D eigenvalue weighted by Gasteiger charge is -2.15. The minimum absolute atomic E-state index is 0.0416. The number of carbonyl (C=O) groups excluding carboxylic acids is 1. The summed E-state index contributed by atoms with van der Waals surface area (Å²) in [5.41, 5.74) is 2.21. The number of carbonyl (C=O) groups is 1. The van der Waals surface area contributed by atoms with Gasteiger partial charge in [-0.2, -0.15) is 0 Å². The molecule has 0 saturated heterocycles. The fourth-order valence-corrected chi connectivity index (χ4v) is 4.65. The topological polar surface area (TPSA) is 129 Å². The van der Waals surface area contributed by atoms with Gasteiger partial charge in [0.2, 0.25) is 0 Å². The van der Waals surface area contributed by atoms with Crippen molar-refractivity contribution in [1.82, 2.24) is 9.56 Å². The number of hydrogen-bond acceptors (Lipinski definition) is 8. The van der Waals surface area contributed by atoms with E-state index in [0.29, 0.717) is 22.9 Å². The minimum atomic E-state index is -3.54. The van der Waals surface area contributed by atoms with Crippen molar-refractivity contribution >= 4 is 27.1 Å². The Hall–Kier alpha value is -4.12. The number of amides is 1. The molecule has 2 aromatic carbocycles. The highest BCUT2D eigenvalue weighted by Gasteiger charge is 2.18. The number of sulfone groups is 1. The Balaban J connectivity index is 1.56. The van der Waals surface area contributed by atoms with Crippen LogP contribution in [0.1, 0.15) is 29.5 Å². The first-order valence-electron chi connectivity index (χ1n) is 11.6. The van der Waals surface area contributed by atoms with Gasteiger partial charge in [0.05, 0.1) is 22.0 Å². The predicted molar refractivity (Wildman–Crippen MR) is 137 cm³/mol. The maximum atomic E-state index is 12.8. The average Bonchev–Trinajstić information content (AvgIpc) is 3.23. The fourth-order valence-electron chi connectivity index (χ4n) is 3.74. The first-order valence-corrected chi connectivity index (χ1v) is 13.2. The number of rotatable bonds is 9. The fraction of sp³-hybridized carbons (Fsp3) is 0.269. The number of aromatic nitrogens is 2. The molecule has 11 heteroatoms. The Bertz CT molecular complexity index is 1620. The van der Waals surface area contributed by atoms with Crippen molar-refractivity contribution < 1.29 is 27.2 Å². The van der Waals surface area contributed by atoms with Gasteiger partial charge in [0, 0.05) is 12.1 Å². The summed E-state index contributed by atoms with van der Waals surface area (Å²) in [5, 5.41) is 2.68. The summed E-state index contributed by atoms with van der Waals surface area (Å²) in [6.07, 6.45) is 0. The van der Waals surface area contributed by atoms with Gasteiger partial charge in [-0.25, -0.2) is 13.4 Å². The SMILES string of the molecule is CCS(=O)(=O)c1ccc(OCc2cc(=O)n3oc(C)cc3n2)c(NC(=O)COc2c(C)cccc2C)c1. The van der Waals surface area contributed by atoms with Crippen molar-refractivity contribution in [2.45, 2.75) is 39.2 Å². The zero-order valence-corrected chi connectivity index (χ0v) is 21.7. The molecule has 2 aromatic heterocycles. The molecule has 0 fully saturated rings. The molecule has 0 aliphatic carbocycles. The number of nitrogens with one attached hydrogen (secondary N) is 1. The molecule has 2 heterocycles. The molecule has 194 valence electrons. The molecule has 1 amide bonds. The summed E-state index contributed by atoms with van der Waals surface area (Å²) in [4.78, 5) is 29.4. The number of fused-ring (bicyclic) bond motifs is 1. The number of hydrogen-bond donors (Lipinski definition) is 1. The Morgan fingerprint density at radius 2 is 1.78 bits per heavy atom. The first-order chi connectivity index (χ1) is 17.6. The molecule has 0 unspecified atom stereocenters. The Labute approximate surface area is 213 Å². The van der Waals surface area contributed by atoms with Crippen molar-refractivity contribution in [2.75, 3.05) is 17.7 Å². The Kier molecular flexibility index (Phi) is 7.35. The zero-order valence-electron chi connectivity index (χ0n) is 20.9. The number of nitrogens with zero attached hydrogens (tertiary/aromatic N) is 2. The lowest BCUT2D eigenvalue weighted by molar-refractivity contribution is -0.118. The first kappa shape index (κ1) is 26.0. The second-order valence-electron chi connectivity index (χ2n) is 8.49. The van der Waals surface area contributed by atoms with Crippen LogP contribution in [-0.4, -0.2) is 36.2 Å². The van der Waals surface area contributed by atoms with E-state index >= 15 is 0 Å². The third kappa shape index (κ3) is 5.83. The molecule has 1 N–H and O–H groups in total. The molecule has 0 aliphatic rings. The van der Waals surface area contributed by atoms with E-state index in [9.17, 15) is 18.0 Å². The van der Waals surface area contributed by atoms with Gasteiger partial charge in [-0.1, -0.05) is 25.1 Å². The zero-order chi connectivity index (χ0) is 26.7. The minimum Gasteiger partial charge on any atom is -0.485 e. The molecule has 4 rings (SSSR count). The van der Waals surface area contributed by atoms with Crippen molar-refractivity contribution in [2.24, 2.45) is 0 Å². The van der Waals surface area contributed by atoms with Gasteiger partial charge in [0.15, 0.2) is 22.1 Å². The second kappa shape index (κ2) is 10.5. The second-order valence-corrected chi connectivity index (χ2v) is 10.8. The van der Waals surface area contributed by atoms with Crippen LogP contribution in [0, 0.1) is 20.8 Å². The van der Waals surface area contributed by atoms with Crippen LogP contribution in [0.3, 0.4) is 0 Å². The van der Waals surface area contributed by atoms with Crippen LogP contribution in [-0.2, 0) is 21.2 Å². The highest BCUT2D eigenvalue weighted by atomic mass is 32.2. The summed E-state index contributed by atoms with van der Waals surface area (Å²) in [5.74, 6) is 0.752. The van der Waals surface area contributed by atoms with Crippen LogP contribution in [0.2, 0.25) is 0 Å². The van der Waals surface area contributed by atoms with Crippen molar-refractivity contribution in [3.05, 3.63) is 81.5 Å². The van der Waals surface area contributed by atoms with E-state index in [1.54, 1.807) is 13.0 Å². The summed E-state index contributed by atoms with van der Waals surface area (Å²) in [6.45, 7) is 6.62. The van der Waals surface area contributed by atoms with E-state index in [2.05, 4.69) is 10.3 Å². The largest absolute Gasteiger partial charge is 0.485 e. The molecule has 10 nitrogen and oxygen atoms in total. The van der Waals surface area contributed by atoms with Gasteiger partial charge in [-0.05, 0) is 50.1 Å². The van der Waals surface area contributed by atoms with E-state index in [-0.39, 0.29) is 35.3 Å². The summed E-state index contributed by atoms with van der Waals surface area (Å²) in [7, 11) is -3.54. The van der Waals surface area contributed by atoms with Crippen LogP contribution in [0.25, 0.3) is 5.65 Å². The lowest BCUT2D eigenvalue weighted by atomic mass is 10.1. The summed E-state index contributed by atoms with van der Waals surface area (Å²) < 4.78 is 42.8. The van der Waals surface area contributed by atoms with Crippen LogP contribution in [0.5, 0.6) is 11.5 Å². The molecule has 0 bridgehead atoms. The highest BCUT2D eigenvalue weighted by molar-refractivity contribution is 7.91. The van der Waals surface area contributed by atoms with E-state index in [0.717, 1.165) is 15.7 Å². The van der Waals surface area contributed by atoms with E-state index in [4.69, 9.17) is 14.0 Å². The third-order valence-electron chi connectivity index (χ3n) is 5.62. The number of aryl methyl sites for hydroxylation is 3. The smallest absolute Gasteiger partial charge is 0.287 e. The molecule has 0 saturated carbocycles. The summed E-state index contributed by atoms with van der Waals surface area (Å²) in [6, 6.07) is 12.8. The Morgan fingerprint density at radius 1 is 1.05 bits per heavy atom. The molecule has 0 atom stereocenters. The number of para-hydroxylation sites is 1. The van der Waals surface area contributed by atoms with Crippen LogP contribution in [0.4, 0.5) is 5.69 Å². The van der Waals surface area contributed by atoms with Gasteiger partial charge in [0.1, 0.15) is 23.9 Å². The van der Waals surface area contributed by atoms with E-state index < -0.39 is 21.3 Å². The van der Waals surface area contributed by atoms with E-state index in [1.807, 2.05) is 32.0 Å². The molecule has 0 aliphatic heterocycles. The third-order valence-corrected chi connectivity index (χ3v) is 7.35. The van der Waals surface area contributed by atoms with Gasteiger partial charge in [-0.3, -0.25) is 9.59 Å². The number of ether oxygens (including phenoxy) is 2. The monoisotopic (exact) mass is 525 g/mol. The van der Waals surface area contributed by atoms with Gasteiger partial charge < -0.3 is 19.3 Å². The maximum absolute atomic E-state index is 12.8. The molecule has 0 spiro atoms. The maximum Gasteiger partial charge on any atom is 0.287 e. The van der Waals surface area contributed by atoms with Crippen molar-refractivity contribution in [3.8, 4) is 11.5 Å². The molecular weight excluding hydrogens is 498 g/mol. The van der Waals surface area contributed by atoms with Crippen LogP contribution >= 0.6 is 0 Å². The van der Waals surface area contributed by atoms with Gasteiger partial charge in [0.25, 0.3) is 11.5 Å². The summed E-state index contributed by atoms with van der Waals surface area (Å²) >= 11 is 0. The van der Waals surface area contributed by atoms with Crippen molar-refractivity contribution in [3.63, 3.8) is 0 Å². The number of benzene rings is 2. The molecular formula is C26H27N3O7S. The molecule has 0 radical (unpaired) electrons.